The van der Waals surface area contributed by atoms with E-state index in [1.807, 2.05) is 11.9 Å². The standard InChI is InChI=1S/C20H24N4O5/c1-24-14(11-18(25)23-15-4-3-7-21-20(15)27)12-29-17-6-5-13(10-16(17)24)19(26)22-8-9-28-2/h3-7,10,14H,8-9,11-12H2,1-2H3,(H,21,27)(H,22,26)(H,23,25). The summed E-state index contributed by atoms with van der Waals surface area (Å²) < 4.78 is 10.7. The molecule has 1 aromatic heterocycles. The molecule has 1 aliphatic rings. The minimum absolute atomic E-state index is 0.133. The molecule has 0 saturated carbocycles. The number of aromatic nitrogens is 1. The number of aromatic amines is 1. The predicted molar refractivity (Wildman–Crippen MR) is 109 cm³/mol. The first kappa shape index (κ1) is 20.4. The largest absolute Gasteiger partial charge is 0.489 e. The van der Waals surface area contributed by atoms with Gasteiger partial charge in [-0.3, -0.25) is 14.4 Å². The lowest BCUT2D eigenvalue weighted by atomic mass is 10.1. The van der Waals surface area contributed by atoms with Crippen LogP contribution in [0, 0.1) is 0 Å². The smallest absolute Gasteiger partial charge is 0.271 e. The van der Waals surface area contributed by atoms with Crippen molar-refractivity contribution in [3.63, 3.8) is 0 Å². The van der Waals surface area contributed by atoms with Gasteiger partial charge in [0.25, 0.3) is 11.5 Å². The predicted octanol–water partition coefficient (Wildman–Crippen LogP) is 0.977. The fraction of sp³-hybridized carbons (Fsp3) is 0.350. The molecular formula is C20H24N4O5. The second kappa shape index (κ2) is 9.24. The molecule has 1 aliphatic heterocycles. The number of hydrogen-bond donors (Lipinski definition) is 3. The van der Waals surface area contributed by atoms with E-state index >= 15 is 0 Å². The molecule has 1 aromatic carbocycles. The summed E-state index contributed by atoms with van der Waals surface area (Å²) in [7, 11) is 3.42. The zero-order valence-corrected chi connectivity index (χ0v) is 16.4. The van der Waals surface area contributed by atoms with Crippen molar-refractivity contribution < 1.29 is 19.1 Å². The maximum atomic E-state index is 12.4. The van der Waals surface area contributed by atoms with E-state index < -0.39 is 0 Å². The van der Waals surface area contributed by atoms with Crippen molar-refractivity contribution in [2.75, 3.05) is 44.1 Å². The Labute approximate surface area is 168 Å². The van der Waals surface area contributed by atoms with Crippen molar-refractivity contribution in [3.05, 3.63) is 52.4 Å². The molecule has 1 atom stereocenters. The number of rotatable bonds is 7. The van der Waals surface area contributed by atoms with E-state index in [4.69, 9.17) is 9.47 Å². The topological polar surface area (TPSA) is 113 Å². The lowest BCUT2D eigenvalue weighted by Crippen LogP contribution is -2.43. The molecule has 9 heteroatoms. The molecule has 0 radical (unpaired) electrons. The number of amides is 2. The van der Waals surface area contributed by atoms with Crippen LogP contribution in [0.25, 0.3) is 0 Å². The fourth-order valence-corrected chi connectivity index (χ4v) is 3.05. The molecule has 3 N–H and O–H groups in total. The SMILES string of the molecule is COCCNC(=O)c1ccc2c(c1)N(C)C(CC(=O)Nc1ccc[nH]c1=O)CO2. The minimum Gasteiger partial charge on any atom is -0.489 e. The molecule has 1 unspecified atom stereocenters. The fourth-order valence-electron chi connectivity index (χ4n) is 3.05. The van der Waals surface area contributed by atoms with Gasteiger partial charge in [-0.1, -0.05) is 0 Å². The number of nitrogens with one attached hydrogen (secondary N) is 3. The first-order valence-corrected chi connectivity index (χ1v) is 9.24. The summed E-state index contributed by atoms with van der Waals surface area (Å²) in [6, 6.07) is 8.13. The highest BCUT2D eigenvalue weighted by atomic mass is 16.5. The third-order valence-electron chi connectivity index (χ3n) is 4.69. The van der Waals surface area contributed by atoms with Crippen LogP contribution < -0.4 is 25.8 Å². The Morgan fingerprint density at radius 3 is 2.93 bits per heavy atom. The van der Waals surface area contributed by atoms with Crippen molar-refractivity contribution in [3.8, 4) is 5.75 Å². The third kappa shape index (κ3) is 4.94. The average Bonchev–Trinajstić information content (AvgIpc) is 2.72. The van der Waals surface area contributed by atoms with E-state index in [9.17, 15) is 14.4 Å². The van der Waals surface area contributed by atoms with Gasteiger partial charge in [-0.2, -0.15) is 0 Å². The Morgan fingerprint density at radius 1 is 1.34 bits per heavy atom. The summed E-state index contributed by atoms with van der Waals surface area (Å²) in [6.45, 7) is 1.17. The summed E-state index contributed by atoms with van der Waals surface area (Å²) in [4.78, 5) is 40.8. The van der Waals surface area contributed by atoms with E-state index in [2.05, 4.69) is 15.6 Å². The van der Waals surface area contributed by atoms with Crippen molar-refractivity contribution in [1.82, 2.24) is 10.3 Å². The number of likely N-dealkylation sites (N-methyl/N-ethyl adjacent to an activating group) is 1. The molecule has 29 heavy (non-hydrogen) atoms. The van der Waals surface area contributed by atoms with Gasteiger partial charge in [0.1, 0.15) is 18.0 Å². The molecule has 0 bridgehead atoms. The third-order valence-corrected chi connectivity index (χ3v) is 4.69. The molecule has 2 heterocycles. The highest BCUT2D eigenvalue weighted by molar-refractivity contribution is 5.96. The van der Waals surface area contributed by atoms with Crippen LogP contribution in [-0.2, 0) is 9.53 Å². The Hall–Kier alpha value is -3.33. The summed E-state index contributed by atoms with van der Waals surface area (Å²) in [5.74, 6) is 0.151. The summed E-state index contributed by atoms with van der Waals surface area (Å²) >= 11 is 0. The molecular weight excluding hydrogens is 376 g/mol. The first-order chi connectivity index (χ1) is 14.0. The van der Waals surface area contributed by atoms with Crippen LogP contribution in [0.4, 0.5) is 11.4 Å². The van der Waals surface area contributed by atoms with Gasteiger partial charge in [-0.05, 0) is 30.3 Å². The molecule has 0 fully saturated rings. The Bertz CT molecular complexity index is 942. The lowest BCUT2D eigenvalue weighted by Gasteiger charge is -2.35. The van der Waals surface area contributed by atoms with Crippen LogP contribution in [0.2, 0.25) is 0 Å². The van der Waals surface area contributed by atoms with E-state index in [-0.39, 0.29) is 35.5 Å². The summed E-state index contributed by atoms with van der Waals surface area (Å²) in [6.07, 6.45) is 1.63. The molecule has 9 nitrogen and oxygen atoms in total. The number of pyridine rings is 1. The Morgan fingerprint density at radius 2 is 2.17 bits per heavy atom. The molecule has 3 rings (SSSR count). The van der Waals surface area contributed by atoms with Gasteiger partial charge >= 0.3 is 0 Å². The Balaban J connectivity index is 1.67. The maximum Gasteiger partial charge on any atom is 0.271 e. The van der Waals surface area contributed by atoms with Crippen molar-refractivity contribution in [1.29, 1.82) is 0 Å². The molecule has 0 spiro atoms. The van der Waals surface area contributed by atoms with Crippen molar-refractivity contribution in [2.45, 2.75) is 12.5 Å². The van der Waals surface area contributed by atoms with Gasteiger partial charge in [-0.25, -0.2) is 0 Å². The highest BCUT2D eigenvalue weighted by Gasteiger charge is 2.27. The van der Waals surface area contributed by atoms with Gasteiger partial charge in [0.2, 0.25) is 5.91 Å². The van der Waals surface area contributed by atoms with Crippen LogP contribution in [-0.4, -0.2) is 56.8 Å². The van der Waals surface area contributed by atoms with E-state index in [1.165, 1.54) is 6.20 Å². The number of anilines is 2. The van der Waals surface area contributed by atoms with Gasteiger partial charge in [0.05, 0.1) is 24.8 Å². The molecule has 154 valence electrons. The number of methoxy groups -OCH3 is 1. The zero-order valence-electron chi connectivity index (χ0n) is 16.4. The van der Waals surface area contributed by atoms with Crippen molar-refractivity contribution >= 4 is 23.2 Å². The summed E-state index contributed by atoms with van der Waals surface area (Å²) in [5, 5.41) is 5.40. The number of benzene rings is 1. The lowest BCUT2D eigenvalue weighted by molar-refractivity contribution is -0.116. The second-order valence-electron chi connectivity index (χ2n) is 6.67. The highest BCUT2D eigenvalue weighted by Crippen LogP contribution is 2.34. The number of nitrogens with zero attached hydrogens (tertiary/aromatic N) is 1. The van der Waals surface area contributed by atoms with Crippen LogP contribution in [0.3, 0.4) is 0 Å². The van der Waals surface area contributed by atoms with Crippen LogP contribution >= 0.6 is 0 Å². The van der Waals surface area contributed by atoms with Gasteiger partial charge in [-0.15, -0.1) is 0 Å². The van der Waals surface area contributed by atoms with Gasteiger partial charge in [0, 0.05) is 32.5 Å². The summed E-state index contributed by atoms with van der Waals surface area (Å²) in [5.41, 5.74) is 1.07. The maximum absolute atomic E-state index is 12.4. The average molecular weight is 400 g/mol. The number of carbonyl (C=O) groups excluding carboxylic acids is 2. The zero-order chi connectivity index (χ0) is 20.8. The quantitative estimate of drug-likeness (QED) is 0.597. The number of hydrogen-bond acceptors (Lipinski definition) is 6. The van der Waals surface area contributed by atoms with Gasteiger partial charge < -0.3 is 30.0 Å². The first-order valence-electron chi connectivity index (χ1n) is 9.24. The Kier molecular flexibility index (Phi) is 6.50. The normalized spacial score (nSPS) is 15.2. The van der Waals surface area contributed by atoms with Crippen LogP contribution in [0.15, 0.2) is 41.3 Å². The van der Waals surface area contributed by atoms with E-state index in [0.717, 1.165) is 5.69 Å². The molecule has 0 aliphatic carbocycles. The molecule has 0 saturated heterocycles. The number of carbonyl (C=O) groups is 2. The van der Waals surface area contributed by atoms with Crippen LogP contribution in [0.5, 0.6) is 5.75 Å². The number of ether oxygens (including phenoxy) is 2. The van der Waals surface area contributed by atoms with E-state index in [0.29, 0.717) is 31.1 Å². The van der Waals surface area contributed by atoms with Crippen LogP contribution in [0.1, 0.15) is 16.8 Å². The van der Waals surface area contributed by atoms with Gasteiger partial charge in [0.15, 0.2) is 0 Å². The minimum atomic E-state index is -0.358. The monoisotopic (exact) mass is 400 g/mol. The van der Waals surface area contributed by atoms with Crippen molar-refractivity contribution in [2.24, 2.45) is 0 Å². The number of fused-ring (bicyclic) bond motifs is 1. The number of H-pyrrole nitrogens is 1. The van der Waals surface area contributed by atoms with E-state index in [1.54, 1.807) is 37.4 Å². The molecule has 2 amide bonds. The molecule has 2 aromatic rings. The second-order valence-corrected chi connectivity index (χ2v) is 6.67.